The highest BCUT2D eigenvalue weighted by Gasteiger charge is 2.03. The molecular formula is C7H13N3S. The Labute approximate surface area is 71.3 Å². The van der Waals surface area contributed by atoms with E-state index in [9.17, 15) is 0 Å². The number of hydrogen-bond acceptors (Lipinski definition) is 4. The monoisotopic (exact) mass is 171 g/mol. The van der Waals surface area contributed by atoms with Gasteiger partial charge in [-0.05, 0) is 0 Å². The molecule has 0 aliphatic carbocycles. The third-order valence-electron chi connectivity index (χ3n) is 1.32. The number of hydrogen-bond donors (Lipinski definition) is 0. The van der Waals surface area contributed by atoms with Gasteiger partial charge in [0.15, 0.2) is 5.13 Å². The molecule has 0 unspecified atom stereocenters. The summed E-state index contributed by atoms with van der Waals surface area (Å²) in [4.78, 5) is 8.39. The van der Waals surface area contributed by atoms with E-state index in [1.165, 1.54) is 0 Å². The summed E-state index contributed by atoms with van der Waals surface area (Å²) in [5, 5.41) is 3.10. The van der Waals surface area contributed by atoms with Gasteiger partial charge in [-0.3, -0.25) is 0 Å². The summed E-state index contributed by atoms with van der Waals surface area (Å²) in [6.45, 7) is 0. The van der Waals surface area contributed by atoms with Crippen molar-refractivity contribution in [1.82, 2.24) is 4.98 Å². The van der Waals surface area contributed by atoms with E-state index in [4.69, 9.17) is 0 Å². The molecular weight excluding hydrogens is 158 g/mol. The Bertz CT molecular complexity index is 207. The highest BCUT2D eigenvalue weighted by Crippen LogP contribution is 2.22. The lowest BCUT2D eigenvalue weighted by Gasteiger charge is -2.08. The largest absolute Gasteiger partial charge is 0.362 e. The summed E-state index contributed by atoms with van der Waals surface area (Å²) in [5.74, 6) is 1.03. The maximum atomic E-state index is 4.38. The maximum absolute atomic E-state index is 4.38. The van der Waals surface area contributed by atoms with Gasteiger partial charge in [0.1, 0.15) is 5.82 Å². The van der Waals surface area contributed by atoms with Crippen LogP contribution in [0.2, 0.25) is 0 Å². The fourth-order valence-corrected chi connectivity index (χ4v) is 1.50. The Kier molecular flexibility index (Phi) is 2.34. The molecule has 4 heteroatoms. The van der Waals surface area contributed by atoms with Gasteiger partial charge in [-0.2, -0.15) is 0 Å². The van der Waals surface area contributed by atoms with Gasteiger partial charge in [0.2, 0.25) is 0 Å². The first-order chi connectivity index (χ1) is 5.11. The molecule has 0 aromatic carbocycles. The normalized spacial score (nSPS) is 9.82. The number of thiazole rings is 1. The Morgan fingerprint density at radius 3 is 2.09 bits per heavy atom. The average molecular weight is 171 g/mol. The van der Waals surface area contributed by atoms with Crippen LogP contribution in [0, 0.1) is 0 Å². The molecule has 0 bridgehead atoms. The van der Waals surface area contributed by atoms with Crippen LogP contribution in [0.25, 0.3) is 0 Å². The molecule has 0 radical (unpaired) electrons. The van der Waals surface area contributed by atoms with E-state index in [-0.39, 0.29) is 0 Å². The van der Waals surface area contributed by atoms with Gasteiger partial charge in [0.05, 0.1) is 0 Å². The molecule has 1 aromatic rings. The Hall–Kier alpha value is -0.770. The van der Waals surface area contributed by atoms with Crippen LogP contribution in [0.1, 0.15) is 0 Å². The summed E-state index contributed by atoms with van der Waals surface area (Å²) >= 11 is 1.66. The predicted octanol–water partition coefficient (Wildman–Crippen LogP) is 1.28. The average Bonchev–Trinajstić information content (AvgIpc) is 2.33. The Balaban J connectivity index is 2.82. The Morgan fingerprint density at radius 2 is 1.82 bits per heavy atom. The van der Waals surface area contributed by atoms with Crippen molar-refractivity contribution >= 4 is 22.3 Å². The first-order valence-electron chi connectivity index (χ1n) is 3.41. The summed E-state index contributed by atoms with van der Waals surface area (Å²) < 4.78 is 0. The minimum absolute atomic E-state index is 1.03. The molecule has 0 fully saturated rings. The minimum Gasteiger partial charge on any atom is -0.362 e. The van der Waals surface area contributed by atoms with E-state index in [1.807, 2.05) is 38.0 Å². The third-order valence-corrected chi connectivity index (χ3v) is 2.32. The van der Waals surface area contributed by atoms with Gasteiger partial charge < -0.3 is 9.80 Å². The molecule has 1 aromatic heterocycles. The van der Waals surface area contributed by atoms with Crippen molar-refractivity contribution in [2.45, 2.75) is 0 Å². The quantitative estimate of drug-likeness (QED) is 0.668. The topological polar surface area (TPSA) is 19.4 Å². The zero-order chi connectivity index (χ0) is 8.43. The van der Waals surface area contributed by atoms with E-state index in [0.29, 0.717) is 0 Å². The fourth-order valence-electron chi connectivity index (χ4n) is 0.667. The van der Waals surface area contributed by atoms with Gasteiger partial charge in [0, 0.05) is 33.6 Å². The van der Waals surface area contributed by atoms with Crippen LogP contribution in [-0.2, 0) is 0 Å². The molecule has 0 atom stereocenters. The highest BCUT2D eigenvalue weighted by molar-refractivity contribution is 7.14. The van der Waals surface area contributed by atoms with Crippen LogP contribution in [0.5, 0.6) is 0 Å². The van der Waals surface area contributed by atoms with E-state index >= 15 is 0 Å². The molecule has 0 saturated carbocycles. The van der Waals surface area contributed by atoms with Crippen molar-refractivity contribution in [2.75, 3.05) is 38.0 Å². The van der Waals surface area contributed by atoms with Gasteiger partial charge in [-0.1, -0.05) is 0 Å². The molecule has 0 aliphatic rings. The zero-order valence-corrected chi connectivity index (χ0v) is 8.14. The molecule has 11 heavy (non-hydrogen) atoms. The van der Waals surface area contributed by atoms with Gasteiger partial charge >= 0.3 is 0 Å². The standard InChI is InChI=1S/C7H13N3S/c1-9(2)6-5-11-7(8-6)10(3)4/h5H,1-4H3. The molecule has 1 heterocycles. The second kappa shape index (κ2) is 3.09. The number of nitrogens with zero attached hydrogens (tertiary/aromatic N) is 3. The number of anilines is 2. The highest BCUT2D eigenvalue weighted by atomic mass is 32.1. The minimum atomic E-state index is 1.03. The van der Waals surface area contributed by atoms with Gasteiger partial charge in [-0.15, -0.1) is 11.3 Å². The lowest BCUT2D eigenvalue weighted by Crippen LogP contribution is -2.11. The summed E-state index contributed by atoms with van der Waals surface area (Å²) in [7, 11) is 7.99. The van der Waals surface area contributed by atoms with Crippen molar-refractivity contribution in [3.05, 3.63) is 5.38 Å². The Morgan fingerprint density at radius 1 is 1.18 bits per heavy atom. The summed E-state index contributed by atoms with van der Waals surface area (Å²) in [6.07, 6.45) is 0. The molecule has 0 saturated heterocycles. The van der Waals surface area contributed by atoms with Crippen molar-refractivity contribution in [2.24, 2.45) is 0 Å². The van der Waals surface area contributed by atoms with Crippen LogP contribution >= 0.6 is 11.3 Å². The zero-order valence-electron chi connectivity index (χ0n) is 7.33. The lowest BCUT2D eigenvalue weighted by molar-refractivity contribution is 1.05. The van der Waals surface area contributed by atoms with Crippen molar-refractivity contribution < 1.29 is 0 Å². The van der Waals surface area contributed by atoms with Crippen LogP contribution < -0.4 is 9.80 Å². The second-order valence-corrected chi connectivity index (χ2v) is 3.61. The molecule has 0 amide bonds. The molecule has 0 aliphatic heterocycles. The van der Waals surface area contributed by atoms with E-state index in [1.54, 1.807) is 11.3 Å². The van der Waals surface area contributed by atoms with E-state index < -0.39 is 0 Å². The summed E-state index contributed by atoms with van der Waals surface area (Å²) in [5.41, 5.74) is 0. The predicted molar refractivity (Wildman–Crippen MR) is 50.8 cm³/mol. The third kappa shape index (κ3) is 1.83. The smallest absolute Gasteiger partial charge is 0.186 e. The first-order valence-corrected chi connectivity index (χ1v) is 4.29. The first kappa shape index (κ1) is 8.33. The molecule has 0 spiro atoms. The van der Waals surface area contributed by atoms with Crippen LogP contribution in [0.3, 0.4) is 0 Å². The SMILES string of the molecule is CN(C)c1csc(N(C)C)n1. The fraction of sp³-hybridized carbons (Fsp3) is 0.571. The second-order valence-electron chi connectivity index (χ2n) is 2.78. The lowest BCUT2D eigenvalue weighted by atomic mass is 10.7. The van der Waals surface area contributed by atoms with Crippen LogP contribution in [-0.4, -0.2) is 33.2 Å². The molecule has 62 valence electrons. The molecule has 3 nitrogen and oxygen atoms in total. The number of aromatic nitrogens is 1. The summed E-state index contributed by atoms with van der Waals surface area (Å²) in [6, 6.07) is 0. The van der Waals surface area contributed by atoms with Crippen molar-refractivity contribution in [1.29, 1.82) is 0 Å². The van der Waals surface area contributed by atoms with Crippen LogP contribution in [0.4, 0.5) is 10.9 Å². The van der Waals surface area contributed by atoms with Crippen molar-refractivity contribution in [3.63, 3.8) is 0 Å². The van der Waals surface area contributed by atoms with Gasteiger partial charge in [-0.25, -0.2) is 4.98 Å². The molecule has 0 N–H and O–H groups in total. The number of rotatable bonds is 2. The van der Waals surface area contributed by atoms with Crippen molar-refractivity contribution in [3.8, 4) is 0 Å². The van der Waals surface area contributed by atoms with Crippen LogP contribution in [0.15, 0.2) is 5.38 Å². The maximum Gasteiger partial charge on any atom is 0.186 e. The van der Waals surface area contributed by atoms with Gasteiger partial charge in [0.25, 0.3) is 0 Å². The molecule has 1 rings (SSSR count). The van der Waals surface area contributed by atoms with E-state index in [2.05, 4.69) is 10.4 Å². The van der Waals surface area contributed by atoms with E-state index in [0.717, 1.165) is 10.9 Å².